The number of carbonyl (C=O) groups is 4. The van der Waals surface area contributed by atoms with Gasteiger partial charge in [-0.25, -0.2) is 46.8 Å². The Hall–Kier alpha value is -10.9. The predicted molar refractivity (Wildman–Crippen MR) is 454 cm³/mol. The summed E-state index contributed by atoms with van der Waals surface area (Å²) in [6, 6.07) is 0.791. The SMILES string of the molecule is COCCCNc1ncc2c(=O)c(C(=O)NOC)cn(C3CCCCC3)c2n1.CONC(=O)c1cn(C2CCCCC2)c2nc(NCCCN(C)C)ncc2c1=O.CONC(=O)c1cn(C2CCCCC2)c2nc(NCCCN3CCOCC3)ncc2c1=O.CONC(=O)c1cn(C2CCCCC2)c2nc(NCCCn3ccnc3)ncc2c1=O. The maximum Gasteiger partial charge on any atom is 0.280 e. The molecular weight excluding hydrogens is 1550 g/mol. The Morgan fingerprint density at radius 2 is 0.733 bits per heavy atom. The van der Waals surface area contributed by atoms with E-state index in [0.29, 0.717) is 87.6 Å². The van der Waals surface area contributed by atoms with E-state index in [2.05, 4.69) is 97.8 Å². The summed E-state index contributed by atoms with van der Waals surface area (Å²) in [5, 5.41) is 14.3. The Labute approximate surface area is 695 Å². The highest BCUT2D eigenvalue weighted by Gasteiger charge is 2.29. The molecule has 0 atom stereocenters. The minimum Gasteiger partial charge on any atom is -0.385 e. The molecule has 14 rings (SSSR count). The molecule has 1 saturated heterocycles. The highest BCUT2D eigenvalue weighted by atomic mass is 16.7. The van der Waals surface area contributed by atoms with Crippen molar-refractivity contribution in [2.24, 2.45) is 0 Å². The van der Waals surface area contributed by atoms with E-state index in [1.165, 1.54) is 78.9 Å². The normalized spacial score (nSPS) is 15.7. The molecule has 4 aliphatic carbocycles. The first-order valence-electron chi connectivity index (χ1n) is 41.9. The lowest BCUT2D eigenvalue weighted by Gasteiger charge is -2.26. The number of hydrogen-bond donors (Lipinski definition) is 8. The summed E-state index contributed by atoms with van der Waals surface area (Å²) in [5.41, 5.74) is 9.79. The lowest BCUT2D eigenvalue weighted by atomic mass is 9.95. The molecule has 0 aromatic carbocycles. The van der Waals surface area contributed by atoms with Crippen LogP contribution in [0.25, 0.3) is 44.1 Å². The van der Waals surface area contributed by atoms with Crippen molar-refractivity contribution in [3.63, 3.8) is 0 Å². The van der Waals surface area contributed by atoms with Crippen LogP contribution in [0.15, 0.2) is 87.5 Å². The van der Waals surface area contributed by atoms with Crippen molar-refractivity contribution < 1.29 is 48.0 Å². The molecule has 0 unspecified atom stereocenters. The largest absolute Gasteiger partial charge is 0.385 e. The maximum atomic E-state index is 13.0. The first-order valence-corrected chi connectivity index (χ1v) is 41.9. The third-order valence-corrected chi connectivity index (χ3v) is 22.1. The van der Waals surface area contributed by atoms with E-state index >= 15 is 0 Å². The molecule has 1 aliphatic heterocycles. The summed E-state index contributed by atoms with van der Waals surface area (Å²) >= 11 is 0. The van der Waals surface area contributed by atoms with Crippen molar-refractivity contribution in [1.82, 2.24) is 99.4 Å². The molecule has 0 radical (unpaired) electrons. The molecule has 120 heavy (non-hydrogen) atoms. The topological polar surface area (TPSA) is 435 Å². The second kappa shape index (κ2) is 46.1. The van der Waals surface area contributed by atoms with Crippen LogP contribution in [0.1, 0.15) is 220 Å². The van der Waals surface area contributed by atoms with Crippen molar-refractivity contribution >= 4 is 91.6 Å². The molecule has 10 heterocycles. The average molecular weight is 1660 g/mol. The van der Waals surface area contributed by atoms with Gasteiger partial charge in [-0.15, -0.1) is 0 Å². The number of amides is 4. The van der Waals surface area contributed by atoms with Gasteiger partial charge < -0.3 is 58.5 Å². The zero-order chi connectivity index (χ0) is 84.7. The van der Waals surface area contributed by atoms with Gasteiger partial charge in [-0.1, -0.05) is 77.0 Å². The number of carbonyl (C=O) groups excluding carboxylic acids is 4. The quantitative estimate of drug-likeness (QED) is 0.0146. The number of anilines is 4. The van der Waals surface area contributed by atoms with Gasteiger partial charge in [0.1, 0.15) is 44.8 Å². The minimum absolute atomic E-state index is 0.0318. The van der Waals surface area contributed by atoms with Gasteiger partial charge in [0.15, 0.2) is 0 Å². The van der Waals surface area contributed by atoms with Crippen LogP contribution >= 0.6 is 0 Å². The van der Waals surface area contributed by atoms with E-state index in [1.54, 1.807) is 44.4 Å². The molecule has 9 aromatic rings. The first-order chi connectivity index (χ1) is 58.5. The van der Waals surface area contributed by atoms with E-state index in [0.717, 1.165) is 187 Å². The Balaban J connectivity index is 0.000000157. The zero-order valence-electron chi connectivity index (χ0n) is 70.0. The Morgan fingerprint density at radius 3 is 1.02 bits per heavy atom. The maximum absolute atomic E-state index is 13.0. The number of imidazole rings is 1. The number of aryl methyl sites for hydroxylation is 1. The van der Waals surface area contributed by atoms with Crippen LogP contribution in [-0.4, -0.2) is 223 Å². The number of nitrogens with one attached hydrogen (secondary N) is 8. The van der Waals surface area contributed by atoms with Gasteiger partial charge >= 0.3 is 0 Å². The molecule has 4 amide bonds. The minimum atomic E-state index is -0.569. The molecule has 5 aliphatic rings. The van der Waals surface area contributed by atoms with Crippen LogP contribution in [0.5, 0.6) is 0 Å². The number of morpholine rings is 1. The number of rotatable bonds is 32. The second-order valence-corrected chi connectivity index (χ2v) is 30.7. The van der Waals surface area contributed by atoms with Crippen molar-refractivity contribution in [2.75, 3.05) is 143 Å². The number of aromatic nitrogens is 14. The summed E-state index contributed by atoms with van der Waals surface area (Å²) in [5.74, 6) is -0.338. The van der Waals surface area contributed by atoms with Crippen LogP contribution in [0, 0.1) is 0 Å². The molecule has 0 bridgehead atoms. The van der Waals surface area contributed by atoms with Crippen LogP contribution in [0.3, 0.4) is 0 Å². The number of fused-ring (bicyclic) bond motifs is 4. The predicted octanol–water partition coefficient (Wildman–Crippen LogP) is 8.00. The Kier molecular flexibility index (Phi) is 34.5. The number of pyridine rings is 4. The van der Waals surface area contributed by atoms with Gasteiger partial charge in [0, 0.05) is 146 Å². The van der Waals surface area contributed by atoms with Gasteiger partial charge in [-0.3, -0.25) is 62.6 Å². The number of nitrogens with zero attached hydrogens (tertiary/aromatic N) is 16. The van der Waals surface area contributed by atoms with Crippen LogP contribution in [0.4, 0.5) is 23.8 Å². The molecule has 38 heteroatoms. The fourth-order valence-corrected chi connectivity index (χ4v) is 15.9. The fraction of sp³-hybridized carbons (Fsp3) is 0.573. The summed E-state index contributed by atoms with van der Waals surface area (Å²) in [6.07, 6.45) is 43.3. The average Bonchev–Trinajstić information content (AvgIpc) is 0.803. The van der Waals surface area contributed by atoms with Crippen LogP contribution < -0.4 is 64.9 Å². The Bertz CT molecular complexity index is 5110. The number of methoxy groups -OCH3 is 1. The highest BCUT2D eigenvalue weighted by molar-refractivity contribution is 5.98. The van der Waals surface area contributed by atoms with Crippen LogP contribution in [0.2, 0.25) is 0 Å². The van der Waals surface area contributed by atoms with Gasteiger partial charge in [-0.2, -0.15) is 19.9 Å². The fourth-order valence-electron chi connectivity index (χ4n) is 15.9. The van der Waals surface area contributed by atoms with Crippen molar-refractivity contribution in [2.45, 2.75) is 185 Å². The molecule has 4 saturated carbocycles. The van der Waals surface area contributed by atoms with Crippen LogP contribution in [-0.2, 0) is 35.4 Å². The molecule has 8 N–H and O–H groups in total. The van der Waals surface area contributed by atoms with E-state index in [-0.39, 0.29) is 57.3 Å². The van der Waals surface area contributed by atoms with Gasteiger partial charge in [-0.05, 0) is 104 Å². The molecular formula is C82H116N24O14. The number of hydrogen-bond acceptors (Lipinski definition) is 29. The smallest absolute Gasteiger partial charge is 0.280 e. The summed E-state index contributed by atoms with van der Waals surface area (Å²) in [6.45, 7) is 9.81. The zero-order valence-corrected chi connectivity index (χ0v) is 70.0. The molecule has 0 spiro atoms. The van der Waals surface area contributed by atoms with Gasteiger partial charge in [0.25, 0.3) is 23.6 Å². The summed E-state index contributed by atoms with van der Waals surface area (Å²) < 4.78 is 20.3. The lowest BCUT2D eigenvalue weighted by molar-refractivity contribution is 0.0378. The molecule has 648 valence electrons. The van der Waals surface area contributed by atoms with E-state index in [1.807, 2.05) is 43.1 Å². The third kappa shape index (κ3) is 24.2. The number of hydroxylamine groups is 4. The van der Waals surface area contributed by atoms with Crippen molar-refractivity contribution in [3.05, 3.63) is 131 Å². The molecule has 5 fully saturated rings. The standard InChI is InChI=1S/C22H32N6O4.C21H27N7O3.C20H30N6O3.C19H27N5O4/c1-31-26-21(30)18-15-28(16-6-3-2-4-7-16)20-17(19(18)29)14-24-22(25-20)23-8-5-9-27-10-12-32-13-11-27;1-31-26-20(30)17-13-28(15-6-3-2-4-7-15)19-16(18(17)29)12-24-21(25-19)23-8-5-10-27-11-9-22-14-27;1-25(2)11-7-10-21-20-22-12-15-17(27)16(19(28)24-29-3)13-26(18(15)23-20)14-8-5-4-6-9-14;1-27-10-6-9-20-19-21-11-14-16(25)15(18(26)23-28-2)12-24(17(14)22-19)13-7-4-3-5-8-13/h14-16H,2-13H2,1H3,(H,26,30)(H,23,24,25);9,11-15H,2-8,10H2,1H3,(H,26,30)(H,23,24,25);12-14H,4-11H2,1-3H3,(H,24,28)(H,21,22,23);11-13H,3-10H2,1-2H3,(H,23,26)(H,20,21,22). The molecule has 9 aromatic heterocycles. The van der Waals surface area contributed by atoms with E-state index in [9.17, 15) is 38.4 Å². The molecule has 38 nitrogen and oxygen atoms in total. The summed E-state index contributed by atoms with van der Waals surface area (Å²) in [4.78, 5) is 164. The van der Waals surface area contributed by atoms with E-state index in [4.69, 9.17) is 28.8 Å². The number of ether oxygens (including phenoxy) is 2. The lowest BCUT2D eigenvalue weighted by Crippen LogP contribution is -2.37. The summed E-state index contributed by atoms with van der Waals surface area (Å²) in [7, 11) is 11.1. The van der Waals surface area contributed by atoms with Gasteiger partial charge in [0.05, 0.1) is 69.5 Å². The highest BCUT2D eigenvalue weighted by Crippen LogP contribution is 2.35. The third-order valence-electron chi connectivity index (χ3n) is 22.1. The van der Waals surface area contributed by atoms with E-state index < -0.39 is 34.5 Å². The second-order valence-electron chi connectivity index (χ2n) is 30.7. The van der Waals surface area contributed by atoms with Gasteiger partial charge in [0.2, 0.25) is 45.5 Å². The van der Waals surface area contributed by atoms with Crippen molar-refractivity contribution in [1.29, 1.82) is 0 Å². The first kappa shape index (κ1) is 89.9. The Morgan fingerprint density at radius 1 is 0.425 bits per heavy atom. The van der Waals surface area contributed by atoms with Crippen molar-refractivity contribution in [3.8, 4) is 0 Å². The monoisotopic (exact) mass is 1660 g/mol.